The van der Waals surface area contributed by atoms with Crippen molar-refractivity contribution in [3.05, 3.63) is 71.5 Å². The topological polar surface area (TPSA) is 55.5 Å². The highest BCUT2D eigenvalue weighted by atomic mass is 16.5. The van der Waals surface area contributed by atoms with Gasteiger partial charge in [-0.3, -0.25) is 0 Å². The van der Waals surface area contributed by atoms with Gasteiger partial charge in [-0.05, 0) is 23.3 Å². The smallest absolute Gasteiger partial charge is 0.141 e. The summed E-state index contributed by atoms with van der Waals surface area (Å²) in [5.41, 5.74) is 3.61. The van der Waals surface area contributed by atoms with Crippen LogP contribution in [0.15, 0.2) is 59.1 Å². The van der Waals surface area contributed by atoms with Crippen molar-refractivity contribution in [3.63, 3.8) is 0 Å². The Kier molecular flexibility index (Phi) is 4.21. The summed E-state index contributed by atoms with van der Waals surface area (Å²) in [7, 11) is 1.65. The SMILES string of the molecule is COc1ccc(Cc2cc(-c3ccccc3CO)no2)cc1. The average Bonchev–Trinajstić information content (AvgIpc) is 3.04. The first-order valence-corrected chi connectivity index (χ1v) is 7.08. The van der Waals surface area contributed by atoms with E-state index in [2.05, 4.69) is 5.16 Å². The summed E-state index contributed by atoms with van der Waals surface area (Å²) in [6.07, 6.45) is 0.665. The number of aliphatic hydroxyl groups is 1. The van der Waals surface area contributed by atoms with Gasteiger partial charge in [-0.2, -0.15) is 0 Å². The number of methoxy groups -OCH3 is 1. The van der Waals surface area contributed by atoms with Crippen LogP contribution in [0.2, 0.25) is 0 Å². The molecule has 0 aliphatic rings. The molecule has 1 N–H and O–H groups in total. The van der Waals surface area contributed by atoms with Gasteiger partial charge in [0.25, 0.3) is 0 Å². The molecular weight excluding hydrogens is 278 g/mol. The van der Waals surface area contributed by atoms with Crippen molar-refractivity contribution < 1.29 is 14.4 Å². The van der Waals surface area contributed by atoms with Crippen molar-refractivity contribution in [1.82, 2.24) is 5.16 Å². The molecule has 0 amide bonds. The minimum absolute atomic E-state index is 0.0170. The maximum Gasteiger partial charge on any atom is 0.141 e. The van der Waals surface area contributed by atoms with Crippen LogP contribution in [0.1, 0.15) is 16.9 Å². The van der Waals surface area contributed by atoms with E-state index in [1.54, 1.807) is 7.11 Å². The van der Waals surface area contributed by atoms with Crippen LogP contribution in [0.3, 0.4) is 0 Å². The first-order valence-electron chi connectivity index (χ1n) is 7.08. The molecule has 3 aromatic rings. The molecule has 0 fully saturated rings. The Morgan fingerprint density at radius 2 is 1.86 bits per heavy atom. The number of benzene rings is 2. The molecule has 0 saturated heterocycles. The summed E-state index contributed by atoms with van der Waals surface area (Å²) in [5.74, 6) is 1.62. The van der Waals surface area contributed by atoms with Crippen LogP contribution >= 0.6 is 0 Å². The van der Waals surface area contributed by atoms with Gasteiger partial charge in [0.05, 0.1) is 13.7 Å². The third-order valence-electron chi connectivity index (χ3n) is 3.56. The van der Waals surface area contributed by atoms with E-state index in [0.717, 1.165) is 33.9 Å². The van der Waals surface area contributed by atoms with Crippen molar-refractivity contribution in [2.75, 3.05) is 7.11 Å². The maximum absolute atomic E-state index is 9.40. The number of aliphatic hydroxyl groups excluding tert-OH is 1. The Hall–Kier alpha value is -2.59. The predicted octanol–water partition coefficient (Wildman–Crippen LogP) is 3.43. The van der Waals surface area contributed by atoms with Crippen LogP contribution in [0.4, 0.5) is 0 Å². The van der Waals surface area contributed by atoms with E-state index < -0.39 is 0 Å². The normalized spacial score (nSPS) is 10.6. The van der Waals surface area contributed by atoms with E-state index in [0.29, 0.717) is 6.42 Å². The highest BCUT2D eigenvalue weighted by molar-refractivity contribution is 5.63. The van der Waals surface area contributed by atoms with Crippen molar-refractivity contribution in [3.8, 4) is 17.0 Å². The molecule has 0 atom stereocenters. The van der Waals surface area contributed by atoms with Crippen molar-refractivity contribution in [2.45, 2.75) is 13.0 Å². The lowest BCUT2D eigenvalue weighted by Gasteiger charge is -2.02. The standard InChI is InChI=1S/C18H17NO3/c1-21-15-8-6-13(7-9-15)10-16-11-18(19-22-16)17-5-3-2-4-14(17)12-20/h2-9,11,20H,10,12H2,1H3. The molecule has 0 unspecified atom stereocenters. The van der Waals surface area contributed by atoms with Gasteiger partial charge in [0.1, 0.15) is 17.2 Å². The Morgan fingerprint density at radius 3 is 2.59 bits per heavy atom. The lowest BCUT2D eigenvalue weighted by Crippen LogP contribution is -1.88. The molecule has 1 heterocycles. The first kappa shape index (κ1) is 14.4. The highest BCUT2D eigenvalue weighted by Crippen LogP contribution is 2.24. The van der Waals surface area contributed by atoms with Crippen LogP contribution < -0.4 is 4.74 Å². The summed E-state index contributed by atoms with van der Waals surface area (Å²) in [5, 5.41) is 13.5. The van der Waals surface area contributed by atoms with E-state index in [1.807, 2.05) is 54.6 Å². The number of nitrogens with zero attached hydrogens (tertiary/aromatic N) is 1. The van der Waals surface area contributed by atoms with Gasteiger partial charge in [-0.15, -0.1) is 0 Å². The van der Waals surface area contributed by atoms with E-state index in [9.17, 15) is 5.11 Å². The number of rotatable bonds is 5. The number of aromatic nitrogens is 1. The second-order valence-electron chi connectivity index (χ2n) is 5.02. The van der Waals surface area contributed by atoms with Gasteiger partial charge in [0.2, 0.25) is 0 Å². The lowest BCUT2D eigenvalue weighted by molar-refractivity contribution is 0.282. The fourth-order valence-electron chi connectivity index (χ4n) is 2.38. The lowest BCUT2D eigenvalue weighted by atomic mass is 10.0. The Morgan fingerprint density at radius 1 is 1.09 bits per heavy atom. The van der Waals surface area contributed by atoms with E-state index >= 15 is 0 Å². The zero-order valence-electron chi connectivity index (χ0n) is 12.3. The van der Waals surface area contributed by atoms with Crippen LogP contribution in [0, 0.1) is 0 Å². The molecule has 2 aromatic carbocycles. The fraction of sp³-hybridized carbons (Fsp3) is 0.167. The van der Waals surface area contributed by atoms with Crippen LogP contribution in [-0.4, -0.2) is 17.4 Å². The molecule has 0 aliphatic heterocycles. The Bertz CT molecular complexity index is 747. The molecule has 0 saturated carbocycles. The van der Waals surface area contributed by atoms with Crippen LogP contribution in [0.25, 0.3) is 11.3 Å². The third-order valence-corrected chi connectivity index (χ3v) is 3.56. The number of ether oxygens (including phenoxy) is 1. The van der Waals surface area contributed by atoms with Gasteiger partial charge in [-0.25, -0.2) is 0 Å². The molecule has 1 aromatic heterocycles. The van der Waals surface area contributed by atoms with Crippen LogP contribution in [-0.2, 0) is 13.0 Å². The molecule has 0 spiro atoms. The molecule has 112 valence electrons. The second-order valence-corrected chi connectivity index (χ2v) is 5.02. The summed E-state index contributed by atoms with van der Waals surface area (Å²) in [6, 6.07) is 17.4. The molecule has 22 heavy (non-hydrogen) atoms. The van der Waals surface area contributed by atoms with Crippen molar-refractivity contribution >= 4 is 0 Å². The molecular formula is C18H17NO3. The zero-order valence-corrected chi connectivity index (χ0v) is 12.3. The van der Waals surface area contributed by atoms with Gasteiger partial charge in [-0.1, -0.05) is 41.6 Å². The number of hydrogen-bond acceptors (Lipinski definition) is 4. The quantitative estimate of drug-likeness (QED) is 0.783. The summed E-state index contributed by atoms with van der Waals surface area (Å²) < 4.78 is 10.6. The minimum atomic E-state index is -0.0170. The Labute approximate surface area is 129 Å². The maximum atomic E-state index is 9.40. The molecule has 4 nitrogen and oxygen atoms in total. The monoisotopic (exact) mass is 295 g/mol. The average molecular weight is 295 g/mol. The summed E-state index contributed by atoms with van der Waals surface area (Å²) >= 11 is 0. The highest BCUT2D eigenvalue weighted by Gasteiger charge is 2.10. The van der Waals surface area contributed by atoms with E-state index in [4.69, 9.17) is 9.26 Å². The first-order chi connectivity index (χ1) is 10.8. The minimum Gasteiger partial charge on any atom is -0.497 e. The third kappa shape index (κ3) is 3.02. The molecule has 0 aliphatic carbocycles. The fourth-order valence-corrected chi connectivity index (χ4v) is 2.38. The Balaban J connectivity index is 1.81. The molecule has 3 rings (SSSR count). The second kappa shape index (κ2) is 6.45. The summed E-state index contributed by atoms with van der Waals surface area (Å²) in [4.78, 5) is 0. The predicted molar refractivity (Wildman–Crippen MR) is 83.7 cm³/mol. The molecule has 0 radical (unpaired) electrons. The van der Waals surface area contributed by atoms with E-state index in [-0.39, 0.29) is 6.61 Å². The van der Waals surface area contributed by atoms with Crippen LogP contribution in [0.5, 0.6) is 5.75 Å². The molecule has 4 heteroatoms. The van der Waals surface area contributed by atoms with Crippen molar-refractivity contribution in [2.24, 2.45) is 0 Å². The van der Waals surface area contributed by atoms with Gasteiger partial charge >= 0.3 is 0 Å². The number of hydrogen-bond donors (Lipinski definition) is 1. The van der Waals surface area contributed by atoms with Gasteiger partial charge in [0, 0.05) is 18.1 Å². The van der Waals surface area contributed by atoms with Gasteiger partial charge < -0.3 is 14.4 Å². The largest absolute Gasteiger partial charge is 0.497 e. The van der Waals surface area contributed by atoms with Crippen molar-refractivity contribution in [1.29, 1.82) is 0 Å². The zero-order chi connectivity index (χ0) is 15.4. The van der Waals surface area contributed by atoms with Gasteiger partial charge in [0.15, 0.2) is 0 Å². The molecule has 0 bridgehead atoms. The van der Waals surface area contributed by atoms with E-state index in [1.165, 1.54) is 0 Å². The summed E-state index contributed by atoms with van der Waals surface area (Å²) in [6.45, 7) is -0.0170.